The highest BCUT2D eigenvalue weighted by Crippen LogP contribution is 2.47. The molecule has 1 aromatic rings. The lowest BCUT2D eigenvalue weighted by molar-refractivity contribution is 0.187. The molecule has 114 valence electrons. The molecule has 2 aliphatic rings. The minimum absolute atomic E-state index is 0.157. The third-order valence-electron chi connectivity index (χ3n) is 5.61. The van der Waals surface area contributed by atoms with E-state index < -0.39 is 8.07 Å². The molecule has 3 rings (SSSR count). The molecule has 1 nitrogen and oxygen atoms in total. The minimum Gasteiger partial charge on any atom is -0.389 e. The zero-order chi connectivity index (χ0) is 15.0. The maximum absolute atomic E-state index is 10.7. The first-order valence-electron chi connectivity index (χ1n) is 8.44. The number of allylic oxidation sites excluding steroid dienone is 1. The van der Waals surface area contributed by atoms with Crippen LogP contribution in [0, 0.1) is 11.8 Å². The zero-order valence-corrected chi connectivity index (χ0v) is 14.6. The summed E-state index contributed by atoms with van der Waals surface area (Å²) in [5.74, 6) is 1.44. The van der Waals surface area contributed by atoms with Crippen LogP contribution in [0.2, 0.25) is 13.1 Å². The molecule has 3 atom stereocenters. The monoisotopic (exact) mass is 300 g/mol. The number of aliphatic hydroxyl groups excluding tert-OH is 1. The Kier molecular flexibility index (Phi) is 4.11. The second-order valence-electron chi connectivity index (χ2n) is 7.71. The summed E-state index contributed by atoms with van der Waals surface area (Å²) in [6, 6.07) is 12.0. The molecule has 0 aliphatic heterocycles. The van der Waals surface area contributed by atoms with Crippen molar-refractivity contribution in [3.05, 3.63) is 46.7 Å². The maximum atomic E-state index is 10.7. The van der Waals surface area contributed by atoms with Gasteiger partial charge in [0.15, 0.2) is 0 Å². The largest absolute Gasteiger partial charge is 0.389 e. The summed E-state index contributed by atoms with van der Waals surface area (Å²) >= 11 is 0. The van der Waals surface area contributed by atoms with Crippen molar-refractivity contribution in [3.8, 4) is 0 Å². The Labute approximate surface area is 130 Å². The average molecular weight is 301 g/mol. The highest BCUT2D eigenvalue weighted by Gasteiger charge is 2.43. The van der Waals surface area contributed by atoms with Gasteiger partial charge >= 0.3 is 0 Å². The van der Waals surface area contributed by atoms with Crippen LogP contribution in [0.3, 0.4) is 0 Å². The van der Waals surface area contributed by atoms with Gasteiger partial charge in [-0.05, 0) is 43.6 Å². The standard InChI is InChI=1S/C19H28OSi/c1-14-8-7-11-16-17(14)12-18(20)19(16)21(2,3)13-15-9-5-4-6-10-15/h4-6,9-10,14,17-18,20H,7-8,11-13H2,1-3H3/t14-,17+,18+/m1/s1. The second kappa shape index (κ2) is 5.73. The number of benzene rings is 1. The SMILES string of the molecule is C[C@@H]1CCCC2=C([Si](C)(C)Cc3ccccc3)[C@@H](O)C[C@H]21. The summed E-state index contributed by atoms with van der Waals surface area (Å²) in [4.78, 5) is 0. The van der Waals surface area contributed by atoms with Crippen molar-refractivity contribution in [2.24, 2.45) is 11.8 Å². The molecule has 0 saturated heterocycles. The summed E-state index contributed by atoms with van der Waals surface area (Å²) in [7, 11) is -1.58. The Balaban J connectivity index is 1.91. The van der Waals surface area contributed by atoms with E-state index >= 15 is 0 Å². The van der Waals surface area contributed by atoms with Crippen molar-refractivity contribution in [2.45, 2.75) is 57.8 Å². The van der Waals surface area contributed by atoms with Crippen molar-refractivity contribution in [1.29, 1.82) is 0 Å². The van der Waals surface area contributed by atoms with Gasteiger partial charge in [-0.2, -0.15) is 0 Å². The van der Waals surface area contributed by atoms with Crippen LogP contribution in [0.15, 0.2) is 41.1 Å². The van der Waals surface area contributed by atoms with Crippen LogP contribution in [-0.4, -0.2) is 19.3 Å². The Bertz CT molecular complexity index is 532. The van der Waals surface area contributed by atoms with Gasteiger partial charge in [-0.15, -0.1) is 0 Å². The first-order valence-corrected chi connectivity index (χ1v) is 11.6. The van der Waals surface area contributed by atoms with Crippen LogP contribution >= 0.6 is 0 Å². The molecule has 21 heavy (non-hydrogen) atoms. The first kappa shape index (κ1) is 15.0. The van der Waals surface area contributed by atoms with E-state index in [2.05, 4.69) is 50.3 Å². The van der Waals surface area contributed by atoms with E-state index in [0.717, 1.165) is 18.4 Å². The van der Waals surface area contributed by atoms with Gasteiger partial charge in [-0.25, -0.2) is 0 Å². The summed E-state index contributed by atoms with van der Waals surface area (Å²) in [6.07, 6.45) is 4.74. The zero-order valence-electron chi connectivity index (χ0n) is 13.6. The minimum atomic E-state index is -1.58. The lowest BCUT2D eigenvalue weighted by Crippen LogP contribution is -2.37. The molecular formula is C19H28OSi. The topological polar surface area (TPSA) is 20.2 Å². The van der Waals surface area contributed by atoms with Gasteiger partial charge in [0.2, 0.25) is 0 Å². The lowest BCUT2D eigenvalue weighted by Gasteiger charge is -2.31. The smallest absolute Gasteiger partial charge is 0.0830 e. The molecule has 1 saturated carbocycles. The number of rotatable bonds is 3. The average Bonchev–Trinajstić information content (AvgIpc) is 2.78. The van der Waals surface area contributed by atoms with E-state index in [4.69, 9.17) is 0 Å². The van der Waals surface area contributed by atoms with Crippen molar-refractivity contribution < 1.29 is 5.11 Å². The van der Waals surface area contributed by atoms with E-state index in [1.165, 1.54) is 30.0 Å². The molecule has 0 amide bonds. The van der Waals surface area contributed by atoms with E-state index in [1.54, 1.807) is 5.57 Å². The number of hydrogen-bond acceptors (Lipinski definition) is 1. The van der Waals surface area contributed by atoms with Crippen LogP contribution in [-0.2, 0) is 6.04 Å². The Hall–Kier alpha value is -0.863. The molecule has 0 spiro atoms. The molecule has 0 aromatic heterocycles. The van der Waals surface area contributed by atoms with Crippen molar-refractivity contribution >= 4 is 8.07 Å². The fraction of sp³-hybridized carbons (Fsp3) is 0.579. The van der Waals surface area contributed by atoms with Gasteiger partial charge in [-0.3, -0.25) is 0 Å². The van der Waals surface area contributed by atoms with Crippen LogP contribution < -0.4 is 0 Å². The number of aliphatic hydroxyl groups is 1. The highest BCUT2D eigenvalue weighted by molar-refractivity contribution is 6.84. The Morgan fingerprint density at radius 1 is 1.19 bits per heavy atom. The summed E-state index contributed by atoms with van der Waals surface area (Å²) in [5.41, 5.74) is 3.09. The van der Waals surface area contributed by atoms with Crippen LogP contribution in [0.1, 0.15) is 38.2 Å². The summed E-state index contributed by atoms with van der Waals surface area (Å²) in [5, 5.41) is 12.2. The molecule has 0 radical (unpaired) electrons. The number of hydrogen-bond donors (Lipinski definition) is 1. The maximum Gasteiger partial charge on any atom is 0.0830 e. The van der Waals surface area contributed by atoms with Gasteiger partial charge in [0.05, 0.1) is 14.2 Å². The fourth-order valence-corrected chi connectivity index (χ4v) is 8.36. The van der Waals surface area contributed by atoms with E-state index in [9.17, 15) is 5.11 Å². The van der Waals surface area contributed by atoms with E-state index in [1.807, 2.05) is 0 Å². The van der Waals surface area contributed by atoms with Crippen LogP contribution in [0.5, 0.6) is 0 Å². The van der Waals surface area contributed by atoms with Gasteiger partial charge < -0.3 is 5.11 Å². The van der Waals surface area contributed by atoms with Crippen LogP contribution in [0.25, 0.3) is 0 Å². The molecule has 0 heterocycles. The Morgan fingerprint density at radius 3 is 2.62 bits per heavy atom. The van der Waals surface area contributed by atoms with E-state index in [-0.39, 0.29) is 6.10 Å². The number of fused-ring (bicyclic) bond motifs is 1. The molecule has 0 unspecified atom stereocenters. The molecule has 0 bridgehead atoms. The third kappa shape index (κ3) is 2.88. The second-order valence-corrected chi connectivity index (χ2v) is 12.4. The summed E-state index contributed by atoms with van der Waals surface area (Å²) in [6.45, 7) is 7.28. The van der Waals surface area contributed by atoms with Crippen molar-refractivity contribution in [2.75, 3.05) is 0 Å². The molecule has 2 heteroatoms. The molecule has 1 fully saturated rings. The van der Waals surface area contributed by atoms with Crippen molar-refractivity contribution in [1.82, 2.24) is 0 Å². The molecule has 1 aromatic carbocycles. The predicted octanol–water partition coefficient (Wildman–Crippen LogP) is 4.51. The van der Waals surface area contributed by atoms with E-state index in [0.29, 0.717) is 5.92 Å². The molecule has 2 aliphatic carbocycles. The summed E-state index contributed by atoms with van der Waals surface area (Å²) < 4.78 is 0. The van der Waals surface area contributed by atoms with Gasteiger partial charge in [-0.1, -0.05) is 66.7 Å². The van der Waals surface area contributed by atoms with Crippen LogP contribution in [0.4, 0.5) is 0 Å². The Morgan fingerprint density at radius 2 is 1.90 bits per heavy atom. The van der Waals surface area contributed by atoms with Gasteiger partial charge in [0, 0.05) is 0 Å². The van der Waals surface area contributed by atoms with Crippen molar-refractivity contribution in [3.63, 3.8) is 0 Å². The molecular weight excluding hydrogens is 272 g/mol. The quantitative estimate of drug-likeness (QED) is 0.814. The molecule has 1 N–H and O–H groups in total. The fourth-order valence-electron chi connectivity index (χ4n) is 4.71. The van der Waals surface area contributed by atoms with Gasteiger partial charge in [0.25, 0.3) is 0 Å². The highest BCUT2D eigenvalue weighted by atomic mass is 28.3. The van der Waals surface area contributed by atoms with Gasteiger partial charge in [0.1, 0.15) is 0 Å². The predicted molar refractivity (Wildman–Crippen MR) is 91.8 cm³/mol. The third-order valence-corrected chi connectivity index (χ3v) is 9.02. The normalized spacial score (nSPS) is 29.6. The lowest BCUT2D eigenvalue weighted by atomic mass is 9.78. The first-order chi connectivity index (χ1) is 9.99.